The minimum atomic E-state index is -3.92. The molecule has 0 heterocycles. The van der Waals surface area contributed by atoms with Gasteiger partial charge >= 0.3 is 0 Å². The van der Waals surface area contributed by atoms with Crippen LogP contribution in [0.4, 0.5) is 0 Å². The lowest BCUT2D eigenvalue weighted by molar-refractivity contribution is 0.349. The second-order valence-corrected chi connectivity index (χ2v) is 28.4. The average molecular weight is 531 g/mol. The summed E-state index contributed by atoms with van der Waals surface area (Å²) in [5.41, 5.74) is 0. The molecular weight excluding hydrogens is 481 g/mol. The van der Waals surface area contributed by atoms with Crippen LogP contribution < -0.4 is 0 Å². The van der Waals surface area contributed by atoms with Crippen LogP contribution in [0.3, 0.4) is 0 Å². The fourth-order valence-electron chi connectivity index (χ4n) is 5.76. The summed E-state index contributed by atoms with van der Waals surface area (Å²) in [6.07, 6.45) is 4.81. The van der Waals surface area contributed by atoms with Gasteiger partial charge in [-0.15, -0.1) is 0 Å². The van der Waals surface area contributed by atoms with Crippen molar-refractivity contribution < 1.29 is 24.6 Å². The summed E-state index contributed by atoms with van der Waals surface area (Å²) in [6, 6.07) is 0. The van der Waals surface area contributed by atoms with Crippen LogP contribution in [0.5, 0.6) is 0 Å². The summed E-state index contributed by atoms with van der Waals surface area (Å²) < 4.78 is 65.2. The molecule has 0 unspecified atom stereocenters. The second-order valence-electron chi connectivity index (χ2n) is 11.9. The van der Waals surface area contributed by atoms with Crippen LogP contribution in [0, 0.1) is 0 Å². The van der Waals surface area contributed by atoms with E-state index in [0.29, 0.717) is 25.7 Å². The van der Waals surface area contributed by atoms with Crippen LogP contribution in [0.25, 0.3) is 0 Å². The highest BCUT2D eigenvalue weighted by Crippen LogP contribution is 2.71. The maximum atomic E-state index is 13.0. The molecule has 6 nitrogen and oxygen atoms in total. The van der Waals surface area contributed by atoms with Gasteiger partial charge < -0.3 is 7.74 Å². The normalized spacial score (nSPS) is 15.8. The van der Waals surface area contributed by atoms with E-state index in [2.05, 4.69) is 55.4 Å². The van der Waals surface area contributed by atoms with E-state index in [1.54, 1.807) is 0 Å². The Bertz CT molecular complexity index is 755. The monoisotopic (exact) mass is 530 g/mol. The smallest absolute Gasteiger partial charge is 0.254 e. The third-order valence-electron chi connectivity index (χ3n) is 8.40. The first-order chi connectivity index (χ1) is 13.9. The number of hydrogen-bond acceptors (Lipinski definition) is 6. The Labute approximate surface area is 201 Å². The molecule has 0 radical (unpaired) electrons. The Balaban J connectivity index is 8.60. The SMILES string of the molecule is CCC(C)(C)[Si](OS(C)(=O)=O)(C(C)(C)CC)[Si](OS(C)(=O)=O)(C(C)(C)CC)C(C)(C)CC. The topological polar surface area (TPSA) is 86.7 Å². The molecule has 0 aliphatic carbocycles. The molecule has 0 aromatic heterocycles. The van der Waals surface area contributed by atoms with Gasteiger partial charge in [-0.3, -0.25) is 0 Å². The van der Waals surface area contributed by atoms with Crippen molar-refractivity contribution in [3.8, 4) is 0 Å². The molecule has 0 aromatic carbocycles. The first kappa shape index (κ1) is 32.3. The van der Waals surface area contributed by atoms with Gasteiger partial charge in [-0.2, -0.15) is 0 Å². The third-order valence-corrected chi connectivity index (χ3v) is 35.4. The van der Waals surface area contributed by atoms with E-state index < -0.39 is 56.1 Å². The molecule has 0 aromatic rings. The van der Waals surface area contributed by atoms with E-state index in [1.165, 1.54) is 0 Å². The predicted octanol–water partition coefficient (Wildman–Crippen LogP) is 6.67. The first-order valence-corrected chi connectivity index (χ1v) is 20.2. The molecular formula is C22H50O6S2Si2. The molecule has 0 saturated heterocycles. The molecule has 0 spiro atoms. The zero-order chi connectivity index (χ0) is 26.2. The van der Waals surface area contributed by atoms with Gasteiger partial charge in [0, 0.05) is 0 Å². The van der Waals surface area contributed by atoms with E-state index in [1.807, 2.05) is 27.7 Å². The van der Waals surface area contributed by atoms with Gasteiger partial charge in [-0.25, -0.2) is 16.8 Å². The zero-order valence-electron chi connectivity index (χ0n) is 23.1. The Hall–Kier alpha value is 0.254. The summed E-state index contributed by atoms with van der Waals surface area (Å²) in [5.74, 6) is 0. The molecule has 0 N–H and O–H groups in total. The van der Waals surface area contributed by atoms with Gasteiger partial charge in [0.15, 0.2) is 0 Å². The molecule has 10 heteroatoms. The molecule has 32 heavy (non-hydrogen) atoms. The molecule has 0 aliphatic rings. The summed E-state index contributed by atoms with van der Waals surface area (Å²) >= 11 is 0. The Morgan fingerprint density at radius 3 is 0.750 bits per heavy atom. The quantitative estimate of drug-likeness (QED) is 0.247. The van der Waals surface area contributed by atoms with Crippen molar-refractivity contribution in [2.24, 2.45) is 0 Å². The highest BCUT2D eigenvalue weighted by Gasteiger charge is 2.82. The molecule has 0 atom stereocenters. The summed E-state index contributed by atoms with van der Waals surface area (Å²) in [6.45, 7) is 24.7. The summed E-state index contributed by atoms with van der Waals surface area (Å²) in [7, 11) is -15.1. The molecule has 0 bridgehead atoms. The van der Waals surface area contributed by atoms with Crippen molar-refractivity contribution in [3.63, 3.8) is 0 Å². The van der Waals surface area contributed by atoms with Crippen LogP contribution >= 0.6 is 0 Å². The molecule has 0 fully saturated rings. The number of hydrogen-bond donors (Lipinski definition) is 0. The number of rotatable bonds is 13. The van der Waals surface area contributed by atoms with E-state index in [-0.39, 0.29) is 0 Å². The van der Waals surface area contributed by atoms with E-state index in [4.69, 9.17) is 7.74 Å². The Morgan fingerprint density at radius 1 is 0.500 bits per heavy atom. The Kier molecular flexibility index (Phi) is 9.80. The van der Waals surface area contributed by atoms with Crippen molar-refractivity contribution in [1.82, 2.24) is 0 Å². The fraction of sp³-hybridized carbons (Fsp3) is 1.00. The maximum absolute atomic E-state index is 13.0. The lowest BCUT2D eigenvalue weighted by Gasteiger charge is -2.67. The minimum absolute atomic E-state index is 0.578. The van der Waals surface area contributed by atoms with Crippen molar-refractivity contribution in [2.75, 3.05) is 12.5 Å². The Morgan fingerprint density at radius 2 is 0.656 bits per heavy atom. The minimum Gasteiger partial charge on any atom is -0.314 e. The van der Waals surface area contributed by atoms with Crippen molar-refractivity contribution >= 4 is 35.9 Å². The summed E-state index contributed by atoms with van der Waals surface area (Å²) in [4.78, 5) is 0. The van der Waals surface area contributed by atoms with Gasteiger partial charge in [0.05, 0.1) is 12.5 Å². The molecule has 0 saturated carbocycles. The second kappa shape index (κ2) is 9.72. The van der Waals surface area contributed by atoms with Crippen LogP contribution in [0.2, 0.25) is 20.2 Å². The van der Waals surface area contributed by atoms with E-state index in [0.717, 1.165) is 12.5 Å². The van der Waals surface area contributed by atoms with Crippen LogP contribution in [-0.4, -0.2) is 45.0 Å². The molecule has 0 amide bonds. The molecule has 0 aliphatic heterocycles. The fourth-order valence-corrected chi connectivity index (χ4v) is 41.8. The van der Waals surface area contributed by atoms with Crippen molar-refractivity contribution in [3.05, 3.63) is 0 Å². The van der Waals surface area contributed by atoms with E-state index >= 15 is 0 Å². The van der Waals surface area contributed by atoms with Crippen LogP contribution in [-0.2, 0) is 28.0 Å². The van der Waals surface area contributed by atoms with Gasteiger partial charge in [0.1, 0.15) is 0 Å². The lowest BCUT2D eigenvalue weighted by Crippen LogP contribution is -2.83. The first-order valence-electron chi connectivity index (χ1n) is 11.7. The largest absolute Gasteiger partial charge is 0.314 e. The average Bonchev–Trinajstić information content (AvgIpc) is 2.61. The van der Waals surface area contributed by atoms with Gasteiger partial charge in [0.2, 0.25) is 15.7 Å². The van der Waals surface area contributed by atoms with Gasteiger partial charge in [-0.1, -0.05) is 109 Å². The molecule has 194 valence electrons. The van der Waals surface area contributed by atoms with Crippen molar-refractivity contribution in [2.45, 2.75) is 129 Å². The molecule has 0 rings (SSSR count). The van der Waals surface area contributed by atoms with Crippen LogP contribution in [0.15, 0.2) is 0 Å². The van der Waals surface area contributed by atoms with Gasteiger partial charge in [0.25, 0.3) is 20.2 Å². The zero-order valence-corrected chi connectivity index (χ0v) is 26.7. The predicted molar refractivity (Wildman–Crippen MR) is 141 cm³/mol. The summed E-state index contributed by atoms with van der Waals surface area (Å²) in [5, 5.41) is -2.31. The maximum Gasteiger partial charge on any atom is 0.254 e. The highest BCUT2D eigenvalue weighted by atomic mass is 32.2. The highest BCUT2D eigenvalue weighted by molar-refractivity contribution is 7.89. The third kappa shape index (κ3) is 5.40. The van der Waals surface area contributed by atoms with Crippen LogP contribution in [0.1, 0.15) is 109 Å². The van der Waals surface area contributed by atoms with Crippen molar-refractivity contribution in [1.29, 1.82) is 0 Å². The standard InChI is InChI=1S/C22H50O6S2Si2/c1-15-19(5,6)31(20(7,8)16-2,27-29(13,23)24)32(21(9,10)17-3,22(11,12)18-4)28-30(14,25)26/h15-18H2,1-14H3. The van der Waals surface area contributed by atoms with Gasteiger partial charge in [-0.05, 0) is 20.2 Å². The lowest BCUT2D eigenvalue weighted by atomic mass is 10.1. The van der Waals surface area contributed by atoms with E-state index in [9.17, 15) is 16.8 Å².